The largest absolute Gasteiger partial charge is 1.00 e. The van der Waals surface area contributed by atoms with E-state index in [1.807, 2.05) is 4.90 Å². The summed E-state index contributed by atoms with van der Waals surface area (Å²) in [5.74, 6) is -2.67. The molecule has 11 nitrogen and oxygen atoms in total. The van der Waals surface area contributed by atoms with Crippen molar-refractivity contribution in [2.24, 2.45) is 5.92 Å². The molecule has 0 radical (unpaired) electrons. The van der Waals surface area contributed by atoms with Gasteiger partial charge in [-0.3, -0.25) is 9.59 Å². The van der Waals surface area contributed by atoms with Gasteiger partial charge in [-0.2, -0.15) is 0 Å². The van der Waals surface area contributed by atoms with Gasteiger partial charge < -0.3 is 25.0 Å². The molecule has 1 aliphatic heterocycles. The molecule has 0 spiro atoms. The van der Waals surface area contributed by atoms with Crippen LogP contribution in [-0.4, -0.2) is 86.0 Å². The summed E-state index contributed by atoms with van der Waals surface area (Å²) in [5.41, 5.74) is 0.585. The number of ketones is 1. The van der Waals surface area contributed by atoms with Crippen molar-refractivity contribution in [2.45, 2.75) is 25.9 Å². The number of sulfone groups is 1. The van der Waals surface area contributed by atoms with Crippen LogP contribution in [0.1, 0.15) is 49.2 Å². The molecule has 1 fully saturated rings. The number of aryl methyl sites for hydroxylation is 1. The number of carbonyl (C=O) groups is 3. The van der Waals surface area contributed by atoms with Gasteiger partial charge in [0.05, 0.1) is 21.9 Å². The Kier molecular flexibility index (Phi) is 11.5. The van der Waals surface area contributed by atoms with E-state index in [4.69, 9.17) is 27.9 Å². The molecule has 1 amide bonds. The first-order valence-corrected chi connectivity index (χ1v) is 14.5. The molecule has 3 N–H and O–H groups in total. The molecular formula is C21H26Cl2N4NaO7S2+. The minimum atomic E-state index is -3.30. The molecule has 0 saturated carbocycles. The third-order valence-electron chi connectivity index (χ3n) is 5.83. The van der Waals surface area contributed by atoms with Crippen LogP contribution in [0.25, 0.3) is 0 Å². The van der Waals surface area contributed by atoms with E-state index in [0.29, 0.717) is 35.4 Å². The molecule has 3 heterocycles. The van der Waals surface area contributed by atoms with E-state index >= 15 is 0 Å². The zero-order valence-electron chi connectivity index (χ0n) is 20.8. The van der Waals surface area contributed by atoms with E-state index in [9.17, 15) is 27.9 Å². The van der Waals surface area contributed by atoms with Crippen LogP contribution in [0.5, 0.6) is 0 Å². The number of Topliss-reactive ketones (excluding diaryl/α,β-unsaturated/α-hetero) is 1. The van der Waals surface area contributed by atoms with E-state index < -0.39 is 21.7 Å². The van der Waals surface area contributed by atoms with Crippen LogP contribution in [0.3, 0.4) is 0 Å². The monoisotopic (exact) mass is 603 g/mol. The van der Waals surface area contributed by atoms with Gasteiger partial charge in [0.25, 0.3) is 5.91 Å². The van der Waals surface area contributed by atoms with Crippen molar-refractivity contribution in [1.29, 1.82) is 0 Å². The fraction of sp³-hybridized carbons (Fsp3) is 0.524. The molecule has 1 saturated heterocycles. The Bertz CT molecular complexity index is 1280. The predicted molar refractivity (Wildman–Crippen MR) is 137 cm³/mol. The summed E-state index contributed by atoms with van der Waals surface area (Å²) in [6.07, 6.45) is 1.40. The molecule has 2 aromatic rings. The number of amides is 1. The summed E-state index contributed by atoms with van der Waals surface area (Å²) in [6.45, 7) is 2.34. The number of carbonyl (C=O) groups excluding carboxylic acids is 2. The molecule has 0 aliphatic carbocycles. The molecule has 1 aliphatic rings. The second-order valence-corrected chi connectivity index (χ2v) is 12.5. The van der Waals surface area contributed by atoms with Gasteiger partial charge in [0.2, 0.25) is 0 Å². The van der Waals surface area contributed by atoms with E-state index in [0.717, 1.165) is 17.6 Å². The van der Waals surface area contributed by atoms with Crippen molar-refractivity contribution in [1.82, 2.24) is 15.3 Å². The first kappa shape index (κ1) is 32.0. The number of methoxy groups -OCH3 is 1. The van der Waals surface area contributed by atoms with Crippen LogP contribution in [0.15, 0.2) is 0 Å². The normalized spacial score (nSPS) is 17.8. The predicted octanol–water partition coefficient (Wildman–Crippen LogP) is -0.323. The fourth-order valence-electron chi connectivity index (χ4n) is 3.92. The number of aromatic carboxylic acids is 1. The van der Waals surface area contributed by atoms with Gasteiger partial charge in [-0.1, -0.05) is 34.5 Å². The van der Waals surface area contributed by atoms with Crippen LogP contribution in [0.4, 0.5) is 5.13 Å². The molecule has 0 unspecified atom stereocenters. The van der Waals surface area contributed by atoms with E-state index in [2.05, 4.69) is 15.3 Å². The van der Waals surface area contributed by atoms with Crippen molar-refractivity contribution in [2.75, 3.05) is 43.7 Å². The molecule has 198 valence electrons. The number of aromatic nitrogens is 2. The van der Waals surface area contributed by atoms with Crippen LogP contribution in [0, 0.1) is 12.8 Å². The molecular weight excluding hydrogens is 578 g/mol. The standard InChI is InChI=1S/C21H26Cl2N4O7S2.Na/c1-10-14(22)15(23)16(25-10)12(28)8-11-4-6-27(9-13(11)34-2)21-26-17(18(35-21)20(30)31)19(29)24-5-7-36(3,32)33;/h11,13,25H,4-9H2,1-3H3,(H,24,29)(H,30,31);/q;+1/t11-,13-;/m0./s1. The number of carboxylic acid groups (broad SMARTS) is 1. The van der Waals surface area contributed by atoms with Crippen molar-refractivity contribution in [3.8, 4) is 0 Å². The van der Waals surface area contributed by atoms with Gasteiger partial charge in [-0.05, 0) is 19.3 Å². The number of nitrogens with one attached hydrogen (secondary N) is 2. The van der Waals surface area contributed by atoms with Gasteiger partial charge in [-0.15, -0.1) is 0 Å². The van der Waals surface area contributed by atoms with Crippen molar-refractivity contribution < 1.29 is 62.2 Å². The van der Waals surface area contributed by atoms with Gasteiger partial charge in [-0.25, -0.2) is 18.2 Å². The third kappa shape index (κ3) is 7.91. The Hall–Kier alpha value is -1.19. The number of hydrogen-bond acceptors (Lipinski definition) is 9. The first-order chi connectivity index (χ1) is 16.8. The van der Waals surface area contributed by atoms with Crippen molar-refractivity contribution in [3.05, 3.63) is 32.0 Å². The van der Waals surface area contributed by atoms with E-state index in [-0.39, 0.29) is 87.4 Å². The van der Waals surface area contributed by atoms with Crippen molar-refractivity contribution >= 4 is 67.2 Å². The average Bonchev–Trinajstić information content (AvgIpc) is 3.36. The molecule has 0 aromatic carbocycles. The summed E-state index contributed by atoms with van der Waals surface area (Å²) >= 11 is 13.1. The molecule has 2 aromatic heterocycles. The first-order valence-electron chi connectivity index (χ1n) is 10.9. The van der Waals surface area contributed by atoms with E-state index in [1.54, 1.807) is 6.92 Å². The van der Waals surface area contributed by atoms with Gasteiger partial charge in [0.15, 0.2) is 16.6 Å². The number of ether oxygens (including phenoxy) is 1. The number of thiazole rings is 1. The topological polar surface area (TPSA) is 159 Å². The van der Waals surface area contributed by atoms with Crippen LogP contribution in [-0.2, 0) is 14.6 Å². The van der Waals surface area contributed by atoms with Gasteiger partial charge in [0.1, 0.15) is 20.4 Å². The summed E-state index contributed by atoms with van der Waals surface area (Å²) in [4.78, 5) is 45.8. The Morgan fingerprint density at radius 2 is 1.97 bits per heavy atom. The summed E-state index contributed by atoms with van der Waals surface area (Å²) in [6, 6.07) is 0. The number of H-pyrrole nitrogens is 1. The zero-order valence-corrected chi connectivity index (χ0v) is 25.9. The average molecular weight is 604 g/mol. The minimum Gasteiger partial charge on any atom is -0.477 e. The van der Waals surface area contributed by atoms with Gasteiger partial charge >= 0.3 is 35.5 Å². The number of halogens is 2. The minimum absolute atomic E-state index is 0. The SMILES string of the molecule is CO[C@H]1CN(c2nc(C(=O)NCCS(C)(=O)=O)c(C(=O)O)s2)CC[C@H]1CC(=O)c1[nH]c(C)c(Cl)c1Cl.[Na+]. The smallest absolute Gasteiger partial charge is 0.477 e. The molecule has 3 rings (SSSR count). The van der Waals surface area contributed by atoms with Gasteiger partial charge in [0, 0.05) is 45.1 Å². The maximum absolute atomic E-state index is 12.9. The Balaban J connectivity index is 0.00000481. The van der Waals surface area contributed by atoms with E-state index in [1.165, 1.54) is 7.11 Å². The number of hydrogen-bond donors (Lipinski definition) is 3. The number of rotatable bonds is 10. The molecule has 37 heavy (non-hydrogen) atoms. The molecule has 0 bridgehead atoms. The molecule has 16 heteroatoms. The maximum atomic E-state index is 12.9. The second-order valence-electron chi connectivity index (χ2n) is 8.51. The summed E-state index contributed by atoms with van der Waals surface area (Å²) < 4.78 is 28.2. The number of nitrogens with zero attached hydrogens (tertiary/aromatic N) is 2. The van der Waals surface area contributed by atoms with Crippen LogP contribution < -0.4 is 39.8 Å². The van der Waals surface area contributed by atoms with Crippen molar-refractivity contribution in [3.63, 3.8) is 0 Å². The zero-order chi connectivity index (χ0) is 26.8. The second kappa shape index (κ2) is 13.2. The number of piperidine rings is 1. The quantitative estimate of drug-likeness (QED) is 0.244. The Labute approximate surface area is 250 Å². The number of aromatic amines is 1. The maximum Gasteiger partial charge on any atom is 1.00 e. The van der Waals surface area contributed by atoms with Crippen LogP contribution in [0.2, 0.25) is 10.0 Å². The number of carboxylic acids is 1. The molecule has 2 atom stereocenters. The summed E-state index contributed by atoms with van der Waals surface area (Å²) in [7, 11) is -1.77. The Morgan fingerprint density at radius 3 is 2.51 bits per heavy atom. The Morgan fingerprint density at radius 1 is 1.30 bits per heavy atom. The van der Waals surface area contributed by atoms with Crippen LogP contribution >= 0.6 is 34.5 Å². The number of anilines is 1. The fourth-order valence-corrected chi connectivity index (χ4v) is 5.77. The summed E-state index contributed by atoms with van der Waals surface area (Å²) in [5, 5.41) is 12.8. The third-order valence-corrected chi connectivity index (χ3v) is 8.83.